The molecule has 0 atom stereocenters. The summed E-state index contributed by atoms with van der Waals surface area (Å²) in [5.74, 6) is 0.729. The topological polar surface area (TPSA) is 71.5 Å². The Balaban J connectivity index is 1.57. The SMILES string of the molecule is Cc1cc(Cl)cc(-c2ccncc2CCCN2C(=O)CCC2=O)c1OC1CCNCC1. The predicted molar refractivity (Wildman–Crippen MR) is 120 cm³/mol. The van der Waals surface area contributed by atoms with Crippen LogP contribution in [0.15, 0.2) is 30.6 Å². The van der Waals surface area contributed by atoms with Gasteiger partial charge in [-0.05, 0) is 80.6 Å². The van der Waals surface area contributed by atoms with E-state index in [1.165, 1.54) is 4.90 Å². The van der Waals surface area contributed by atoms with Crippen LogP contribution < -0.4 is 10.1 Å². The molecular weight excluding hydrogens is 414 g/mol. The van der Waals surface area contributed by atoms with E-state index in [0.29, 0.717) is 37.3 Å². The summed E-state index contributed by atoms with van der Waals surface area (Å²) in [7, 11) is 0. The van der Waals surface area contributed by atoms with E-state index in [-0.39, 0.29) is 17.9 Å². The van der Waals surface area contributed by atoms with E-state index < -0.39 is 0 Å². The highest BCUT2D eigenvalue weighted by Crippen LogP contribution is 2.39. The molecular formula is C24H28ClN3O3. The van der Waals surface area contributed by atoms with Gasteiger partial charge in [0.05, 0.1) is 0 Å². The van der Waals surface area contributed by atoms with Crippen molar-refractivity contribution in [1.82, 2.24) is 15.2 Å². The van der Waals surface area contributed by atoms with Gasteiger partial charge >= 0.3 is 0 Å². The lowest BCUT2D eigenvalue weighted by molar-refractivity contribution is -0.138. The number of likely N-dealkylation sites (tertiary alicyclic amines) is 1. The van der Waals surface area contributed by atoms with Gasteiger partial charge < -0.3 is 10.1 Å². The van der Waals surface area contributed by atoms with Gasteiger partial charge in [-0.1, -0.05) is 11.6 Å². The molecule has 2 aromatic rings. The van der Waals surface area contributed by atoms with E-state index >= 15 is 0 Å². The van der Waals surface area contributed by atoms with Crippen molar-refractivity contribution in [2.24, 2.45) is 0 Å². The Bertz CT molecular complexity index is 957. The van der Waals surface area contributed by atoms with Crippen LogP contribution in [0, 0.1) is 6.92 Å². The fraction of sp³-hybridized carbons (Fsp3) is 0.458. The molecule has 0 aliphatic carbocycles. The molecule has 31 heavy (non-hydrogen) atoms. The molecule has 7 heteroatoms. The van der Waals surface area contributed by atoms with E-state index in [1.807, 2.05) is 31.3 Å². The molecule has 0 unspecified atom stereocenters. The minimum atomic E-state index is -0.0699. The lowest BCUT2D eigenvalue weighted by Crippen LogP contribution is -2.34. The molecule has 3 heterocycles. The Morgan fingerprint density at radius 1 is 1.16 bits per heavy atom. The second-order valence-corrected chi connectivity index (χ2v) is 8.68. The third-order valence-electron chi connectivity index (χ3n) is 5.99. The molecule has 1 aromatic carbocycles. The third-order valence-corrected chi connectivity index (χ3v) is 6.20. The van der Waals surface area contributed by atoms with Gasteiger partial charge in [-0.2, -0.15) is 0 Å². The smallest absolute Gasteiger partial charge is 0.229 e. The fourth-order valence-electron chi connectivity index (χ4n) is 4.36. The second-order valence-electron chi connectivity index (χ2n) is 8.24. The van der Waals surface area contributed by atoms with Crippen molar-refractivity contribution < 1.29 is 14.3 Å². The number of rotatable bonds is 7. The summed E-state index contributed by atoms with van der Waals surface area (Å²) < 4.78 is 6.48. The van der Waals surface area contributed by atoms with E-state index in [9.17, 15) is 9.59 Å². The van der Waals surface area contributed by atoms with Gasteiger partial charge in [-0.15, -0.1) is 0 Å². The maximum absolute atomic E-state index is 11.9. The molecule has 0 bridgehead atoms. The highest BCUT2D eigenvalue weighted by molar-refractivity contribution is 6.31. The number of piperidine rings is 1. The molecule has 1 N–H and O–H groups in total. The molecule has 0 spiro atoms. The van der Waals surface area contributed by atoms with Gasteiger partial charge in [-0.25, -0.2) is 0 Å². The number of hydrogen-bond donors (Lipinski definition) is 1. The lowest BCUT2D eigenvalue weighted by atomic mass is 9.96. The van der Waals surface area contributed by atoms with E-state index in [4.69, 9.17) is 16.3 Å². The molecule has 2 amide bonds. The molecule has 2 aliphatic rings. The number of halogens is 1. The minimum absolute atomic E-state index is 0.0699. The fourth-order valence-corrected chi connectivity index (χ4v) is 4.63. The van der Waals surface area contributed by atoms with Crippen molar-refractivity contribution >= 4 is 23.4 Å². The van der Waals surface area contributed by atoms with Crippen molar-refractivity contribution in [2.75, 3.05) is 19.6 Å². The van der Waals surface area contributed by atoms with Gasteiger partial charge in [0.25, 0.3) is 0 Å². The van der Waals surface area contributed by atoms with Crippen LogP contribution in [0.1, 0.15) is 43.2 Å². The minimum Gasteiger partial charge on any atom is -0.489 e. The summed E-state index contributed by atoms with van der Waals surface area (Å²) >= 11 is 6.43. The van der Waals surface area contributed by atoms with Crippen LogP contribution in [0.25, 0.3) is 11.1 Å². The first-order valence-corrected chi connectivity index (χ1v) is 11.3. The summed E-state index contributed by atoms with van der Waals surface area (Å²) in [4.78, 5) is 29.5. The van der Waals surface area contributed by atoms with Crippen LogP contribution in [-0.2, 0) is 16.0 Å². The summed E-state index contributed by atoms with van der Waals surface area (Å²) in [6.45, 7) is 4.39. The third kappa shape index (κ3) is 5.08. The molecule has 1 aromatic heterocycles. The summed E-state index contributed by atoms with van der Waals surface area (Å²) in [6.07, 6.45) is 7.82. The number of pyridine rings is 1. The Kier molecular flexibility index (Phi) is 6.88. The highest BCUT2D eigenvalue weighted by Gasteiger charge is 2.28. The monoisotopic (exact) mass is 441 g/mol. The zero-order valence-electron chi connectivity index (χ0n) is 17.8. The van der Waals surface area contributed by atoms with E-state index in [2.05, 4.69) is 10.3 Å². The molecule has 2 aliphatic heterocycles. The number of ether oxygens (including phenoxy) is 1. The lowest BCUT2D eigenvalue weighted by Gasteiger charge is -2.26. The van der Waals surface area contributed by atoms with Gasteiger partial charge in [0.2, 0.25) is 11.8 Å². The number of amides is 2. The first-order chi connectivity index (χ1) is 15.0. The Labute approximate surface area is 187 Å². The number of benzene rings is 1. The van der Waals surface area contributed by atoms with Crippen molar-refractivity contribution in [2.45, 2.75) is 51.6 Å². The average Bonchev–Trinajstić information content (AvgIpc) is 3.09. The van der Waals surface area contributed by atoms with Crippen LogP contribution in [-0.4, -0.2) is 47.4 Å². The maximum Gasteiger partial charge on any atom is 0.229 e. The standard InChI is InChI=1S/C24H28ClN3O3/c1-16-13-18(25)14-21(24(16)31-19-6-9-26-10-7-19)20-8-11-27-15-17(20)3-2-12-28-22(29)4-5-23(28)30/h8,11,13-15,19,26H,2-7,9-10,12H2,1H3. The maximum atomic E-state index is 11.9. The number of hydrogen-bond acceptors (Lipinski definition) is 5. The largest absolute Gasteiger partial charge is 0.489 e. The first-order valence-electron chi connectivity index (χ1n) is 11.0. The normalized spacial score (nSPS) is 17.4. The Hall–Kier alpha value is -2.44. The van der Waals surface area contributed by atoms with E-state index in [1.54, 1.807) is 6.20 Å². The van der Waals surface area contributed by atoms with Gasteiger partial charge in [0, 0.05) is 42.4 Å². The molecule has 2 saturated heterocycles. The molecule has 6 nitrogen and oxygen atoms in total. The average molecular weight is 442 g/mol. The van der Waals surface area contributed by atoms with Crippen LogP contribution in [0.3, 0.4) is 0 Å². The van der Waals surface area contributed by atoms with Crippen LogP contribution in [0.5, 0.6) is 5.75 Å². The summed E-state index contributed by atoms with van der Waals surface area (Å²) in [5, 5.41) is 4.04. The number of aryl methyl sites for hydroxylation is 2. The molecule has 4 rings (SSSR count). The summed E-state index contributed by atoms with van der Waals surface area (Å²) in [6, 6.07) is 5.88. The van der Waals surface area contributed by atoms with Crippen LogP contribution >= 0.6 is 11.6 Å². The zero-order chi connectivity index (χ0) is 21.8. The molecule has 2 fully saturated rings. The number of aromatic nitrogens is 1. The van der Waals surface area contributed by atoms with Gasteiger partial charge in [0.1, 0.15) is 11.9 Å². The van der Waals surface area contributed by atoms with Gasteiger partial charge in [0.15, 0.2) is 0 Å². The highest BCUT2D eigenvalue weighted by atomic mass is 35.5. The number of carbonyl (C=O) groups excluding carboxylic acids is 2. The first kappa shape index (κ1) is 21.8. The summed E-state index contributed by atoms with van der Waals surface area (Å²) in [5.41, 5.74) is 4.06. The van der Waals surface area contributed by atoms with Crippen LogP contribution in [0.2, 0.25) is 5.02 Å². The quantitative estimate of drug-likeness (QED) is 0.659. The van der Waals surface area contributed by atoms with Gasteiger partial charge in [-0.3, -0.25) is 19.5 Å². The predicted octanol–water partition coefficient (Wildman–Crippen LogP) is 3.92. The molecule has 0 saturated carbocycles. The van der Waals surface area contributed by atoms with E-state index in [0.717, 1.165) is 53.9 Å². The zero-order valence-corrected chi connectivity index (χ0v) is 18.6. The second kappa shape index (κ2) is 9.79. The van der Waals surface area contributed by atoms with Crippen molar-refractivity contribution in [3.05, 3.63) is 46.7 Å². The number of carbonyl (C=O) groups is 2. The number of nitrogens with zero attached hydrogens (tertiary/aromatic N) is 2. The Morgan fingerprint density at radius 2 is 1.90 bits per heavy atom. The molecule has 164 valence electrons. The number of nitrogens with one attached hydrogen (secondary N) is 1. The molecule has 0 radical (unpaired) electrons. The van der Waals surface area contributed by atoms with Crippen molar-refractivity contribution in [1.29, 1.82) is 0 Å². The van der Waals surface area contributed by atoms with Crippen molar-refractivity contribution in [3.63, 3.8) is 0 Å². The van der Waals surface area contributed by atoms with Crippen molar-refractivity contribution in [3.8, 4) is 16.9 Å². The van der Waals surface area contributed by atoms with Crippen LogP contribution in [0.4, 0.5) is 0 Å². The number of imide groups is 1. The Morgan fingerprint density at radius 3 is 2.65 bits per heavy atom.